The lowest BCUT2D eigenvalue weighted by molar-refractivity contribution is 0.0785. The molecule has 0 radical (unpaired) electrons. The van der Waals surface area contributed by atoms with Crippen molar-refractivity contribution in [3.63, 3.8) is 0 Å². The molecule has 1 aliphatic rings. The molecule has 1 aromatic rings. The van der Waals surface area contributed by atoms with E-state index in [9.17, 15) is 14.7 Å². The van der Waals surface area contributed by atoms with Gasteiger partial charge in [-0.15, -0.1) is 0 Å². The van der Waals surface area contributed by atoms with Crippen molar-refractivity contribution in [1.82, 2.24) is 10.2 Å². The van der Waals surface area contributed by atoms with Gasteiger partial charge in [-0.2, -0.15) is 0 Å². The van der Waals surface area contributed by atoms with Gasteiger partial charge >= 0.3 is 6.09 Å². The first-order valence-electron chi connectivity index (χ1n) is 6.13. The molecule has 0 aliphatic carbocycles. The second kappa shape index (κ2) is 6.29. The van der Waals surface area contributed by atoms with E-state index in [-0.39, 0.29) is 23.3 Å². The zero-order valence-electron chi connectivity index (χ0n) is 10.9. The number of methoxy groups -OCH3 is 1. The number of alkyl carbamates (subject to hydrolysis) is 1. The fourth-order valence-corrected chi connectivity index (χ4v) is 2.63. The molecule has 1 atom stereocenters. The lowest BCUT2D eigenvalue weighted by Gasteiger charge is -2.17. The Kier molecular flexibility index (Phi) is 4.69. The molecule has 1 aliphatic heterocycles. The summed E-state index contributed by atoms with van der Waals surface area (Å²) in [5.74, 6) is -0.255. The molecule has 1 fully saturated rings. The summed E-state index contributed by atoms with van der Waals surface area (Å²) in [5.41, 5.74) is 0.288. The largest absolute Gasteiger partial charge is 0.507 e. The Morgan fingerprint density at radius 2 is 2.25 bits per heavy atom. The van der Waals surface area contributed by atoms with Crippen LogP contribution in [0.4, 0.5) is 4.79 Å². The molecule has 6 nitrogen and oxygen atoms in total. The number of benzene rings is 1. The van der Waals surface area contributed by atoms with Crippen LogP contribution in [0.25, 0.3) is 0 Å². The number of hydrogen-bond donors (Lipinski definition) is 2. The molecule has 2 rings (SSSR count). The Labute approximate surface area is 130 Å². The highest BCUT2D eigenvalue weighted by Crippen LogP contribution is 2.23. The predicted octanol–water partition coefficient (Wildman–Crippen LogP) is 1.57. The number of rotatable bonds is 2. The highest BCUT2D eigenvalue weighted by Gasteiger charge is 2.29. The zero-order valence-corrected chi connectivity index (χ0v) is 13.1. The van der Waals surface area contributed by atoms with Crippen LogP contribution in [0.15, 0.2) is 18.2 Å². The maximum absolute atomic E-state index is 12.3. The minimum Gasteiger partial charge on any atom is -0.507 e. The molecule has 1 saturated heterocycles. The normalized spacial score (nSPS) is 17.9. The first-order valence-corrected chi connectivity index (χ1v) is 7.21. The second-order valence-corrected chi connectivity index (χ2v) is 5.78. The molecule has 0 spiro atoms. The van der Waals surface area contributed by atoms with Crippen molar-refractivity contribution in [1.29, 1.82) is 0 Å². The van der Waals surface area contributed by atoms with Crippen molar-refractivity contribution in [3.8, 4) is 5.75 Å². The minimum atomic E-state index is -0.499. The van der Waals surface area contributed by atoms with Gasteiger partial charge in [0.2, 0.25) is 0 Å². The van der Waals surface area contributed by atoms with Crippen LogP contribution in [0, 0.1) is 3.57 Å². The van der Waals surface area contributed by atoms with E-state index in [1.807, 2.05) is 0 Å². The number of carbonyl (C=O) groups is 2. The van der Waals surface area contributed by atoms with Crippen LogP contribution < -0.4 is 5.32 Å². The Morgan fingerprint density at radius 3 is 2.95 bits per heavy atom. The number of halogens is 1. The first-order chi connectivity index (χ1) is 9.51. The quantitative estimate of drug-likeness (QED) is 0.752. The van der Waals surface area contributed by atoms with Crippen molar-refractivity contribution in [3.05, 3.63) is 27.3 Å². The van der Waals surface area contributed by atoms with Gasteiger partial charge in [0.05, 0.1) is 18.7 Å². The minimum absolute atomic E-state index is 0.0280. The summed E-state index contributed by atoms with van der Waals surface area (Å²) in [6.07, 6.45) is 0.173. The van der Waals surface area contributed by atoms with Crippen LogP contribution in [0.3, 0.4) is 0 Å². The van der Waals surface area contributed by atoms with Crippen LogP contribution in [0.2, 0.25) is 0 Å². The molecule has 7 heteroatoms. The van der Waals surface area contributed by atoms with Crippen LogP contribution in [0.5, 0.6) is 5.75 Å². The van der Waals surface area contributed by atoms with Gasteiger partial charge in [0.15, 0.2) is 0 Å². The van der Waals surface area contributed by atoms with Gasteiger partial charge in [0.25, 0.3) is 5.91 Å². The highest BCUT2D eigenvalue weighted by molar-refractivity contribution is 14.1. The van der Waals surface area contributed by atoms with Gasteiger partial charge in [-0.1, -0.05) is 0 Å². The van der Waals surface area contributed by atoms with Gasteiger partial charge in [-0.05, 0) is 47.2 Å². The van der Waals surface area contributed by atoms with E-state index < -0.39 is 6.09 Å². The summed E-state index contributed by atoms with van der Waals surface area (Å²) in [5, 5.41) is 12.4. The summed E-state index contributed by atoms with van der Waals surface area (Å²) in [6.45, 7) is 0.956. The summed E-state index contributed by atoms with van der Waals surface area (Å²) >= 11 is 2.09. The molecule has 0 saturated carbocycles. The van der Waals surface area contributed by atoms with E-state index in [4.69, 9.17) is 0 Å². The molecule has 2 N–H and O–H groups in total. The van der Waals surface area contributed by atoms with Crippen molar-refractivity contribution in [2.75, 3.05) is 20.2 Å². The van der Waals surface area contributed by atoms with E-state index in [1.165, 1.54) is 13.2 Å². The molecule has 20 heavy (non-hydrogen) atoms. The molecular weight excluding hydrogens is 375 g/mol. The van der Waals surface area contributed by atoms with E-state index in [2.05, 4.69) is 32.6 Å². The van der Waals surface area contributed by atoms with Crippen LogP contribution in [-0.2, 0) is 4.74 Å². The number of hydrogen-bond acceptors (Lipinski definition) is 4. The molecule has 0 aromatic heterocycles. The third kappa shape index (κ3) is 3.33. The number of nitrogens with one attached hydrogen (secondary N) is 1. The fraction of sp³-hybridized carbons (Fsp3) is 0.385. The molecule has 1 unspecified atom stereocenters. The third-order valence-corrected chi connectivity index (χ3v) is 3.84. The van der Waals surface area contributed by atoms with E-state index in [0.29, 0.717) is 19.5 Å². The van der Waals surface area contributed by atoms with Gasteiger partial charge in [-0.3, -0.25) is 4.79 Å². The predicted molar refractivity (Wildman–Crippen MR) is 80.7 cm³/mol. The first kappa shape index (κ1) is 14.9. The number of phenols is 1. The molecule has 2 amide bonds. The van der Waals surface area contributed by atoms with Gasteiger partial charge in [0, 0.05) is 16.7 Å². The number of aromatic hydroxyl groups is 1. The Balaban J connectivity index is 2.04. The molecule has 1 heterocycles. The van der Waals surface area contributed by atoms with Crippen molar-refractivity contribution in [2.45, 2.75) is 12.5 Å². The van der Waals surface area contributed by atoms with Crippen molar-refractivity contribution < 1.29 is 19.4 Å². The van der Waals surface area contributed by atoms with Gasteiger partial charge < -0.3 is 20.1 Å². The van der Waals surface area contributed by atoms with E-state index in [1.54, 1.807) is 17.0 Å². The van der Waals surface area contributed by atoms with Crippen molar-refractivity contribution >= 4 is 34.6 Å². The monoisotopic (exact) mass is 390 g/mol. The summed E-state index contributed by atoms with van der Waals surface area (Å²) in [7, 11) is 1.30. The number of nitrogens with zero attached hydrogens (tertiary/aromatic N) is 1. The Morgan fingerprint density at radius 1 is 1.50 bits per heavy atom. The Bertz CT molecular complexity index is 535. The maximum atomic E-state index is 12.3. The van der Waals surface area contributed by atoms with Crippen molar-refractivity contribution in [2.24, 2.45) is 0 Å². The molecular formula is C13H15IN2O4. The number of phenolic OH excluding ortho intramolecular Hbond substituents is 1. The lowest BCUT2D eigenvalue weighted by Crippen LogP contribution is -2.38. The molecule has 1 aromatic carbocycles. The molecule has 108 valence electrons. The number of carbonyl (C=O) groups excluding carboxylic acids is 2. The SMILES string of the molecule is COC(=O)NC1CCN(C(=O)c2cc(I)ccc2O)C1. The second-order valence-electron chi connectivity index (χ2n) is 4.53. The molecule has 0 bridgehead atoms. The third-order valence-electron chi connectivity index (χ3n) is 3.17. The highest BCUT2D eigenvalue weighted by atomic mass is 127. The van der Waals surface area contributed by atoms with Crippen LogP contribution in [0.1, 0.15) is 16.8 Å². The van der Waals surface area contributed by atoms with Crippen LogP contribution >= 0.6 is 22.6 Å². The van der Waals surface area contributed by atoms with Gasteiger partial charge in [0.1, 0.15) is 5.75 Å². The summed E-state index contributed by atoms with van der Waals surface area (Å²) in [4.78, 5) is 25.1. The average Bonchev–Trinajstić information content (AvgIpc) is 2.89. The topological polar surface area (TPSA) is 78.9 Å². The Hall–Kier alpha value is -1.51. The summed E-state index contributed by atoms with van der Waals surface area (Å²) in [6, 6.07) is 4.78. The number of amides is 2. The summed E-state index contributed by atoms with van der Waals surface area (Å²) < 4.78 is 5.41. The van der Waals surface area contributed by atoms with Crippen LogP contribution in [-0.4, -0.2) is 48.2 Å². The van der Waals surface area contributed by atoms with E-state index in [0.717, 1.165) is 3.57 Å². The zero-order chi connectivity index (χ0) is 14.7. The number of ether oxygens (including phenoxy) is 1. The van der Waals surface area contributed by atoms with E-state index >= 15 is 0 Å². The smallest absolute Gasteiger partial charge is 0.407 e. The average molecular weight is 390 g/mol. The maximum Gasteiger partial charge on any atom is 0.407 e. The lowest BCUT2D eigenvalue weighted by atomic mass is 10.2. The number of likely N-dealkylation sites (tertiary alicyclic amines) is 1. The van der Waals surface area contributed by atoms with Gasteiger partial charge in [-0.25, -0.2) is 4.79 Å². The standard InChI is InChI=1S/C13H15IN2O4/c1-20-13(19)15-9-4-5-16(7-9)12(18)10-6-8(14)2-3-11(10)17/h2-3,6,9,17H,4-5,7H2,1H3,(H,15,19). The fourth-order valence-electron chi connectivity index (χ4n) is 2.14.